The third kappa shape index (κ3) is 29.4. The molecule has 0 aliphatic rings. The molecule has 6 nitrogen and oxygen atoms in total. The average molecular weight is 656 g/mol. The molecule has 0 saturated heterocycles. The Morgan fingerprint density at radius 2 is 0.739 bits per heavy atom. The summed E-state index contributed by atoms with van der Waals surface area (Å²) in [7, 11) is 0. The van der Waals surface area contributed by atoms with Gasteiger partial charge < -0.3 is 25.7 Å². The van der Waals surface area contributed by atoms with E-state index in [1.807, 2.05) is 0 Å². The number of aliphatic hydroxyl groups is 4. The molecule has 0 aromatic heterocycles. The first kappa shape index (κ1) is 45.3. The molecular weight excluding hydrogens is 574 g/mol. The molecule has 1 amide bonds. The fourth-order valence-corrected chi connectivity index (χ4v) is 6.52. The Morgan fingerprint density at radius 3 is 1.04 bits per heavy atom. The number of amides is 1. The van der Waals surface area contributed by atoms with Crippen molar-refractivity contribution in [2.24, 2.45) is 0 Å². The lowest BCUT2D eigenvalue weighted by Gasteiger charge is -2.27. The van der Waals surface area contributed by atoms with Gasteiger partial charge in [0.25, 0.3) is 0 Å². The fraction of sp³-hybridized carbons (Fsp3) is 0.975. The Bertz CT molecular complexity index is 618. The summed E-state index contributed by atoms with van der Waals surface area (Å²) < 4.78 is 0. The highest BCUT2D eigenvalue weighted by molar-refractivity contribution is 5.80. The van der Waals surface area contributed by atoms with Crippen LogP contribution in [0.2, 0.25) is 0 Å². The maximum Gasteiger partial charge on any atom is 0.249 e. The molecule has 5 N–H and O–H groups in total. The Kier molecular flexibility index (Phi) is 35.1. The van der Waals surface area contributed by atoms with E-state index in [2.05, 4.69) is 19.2 Å². The Hall–Kier alpha value is -0.690. The van der Waals surface area contributed by atoms with Gasteiger partial charge in [-0.2, -0.15) is 0 Å². The van der Waals surface area contributed by atoms with Crippen LogP contribution in [0.5, 0.6) is 0 Å². The number of carbonyl (C=O) groups excluding carboxylic acids is 1. The van der Waals surface area contributed by atoms with Crippen molar-refractivity contribution in [1.29, 1.82) is 0 Å². The number of aliphatic hydroxyl groups excluding tert-OH is 4. The van der Waals surface area contributed by atoms with Crippen molar-refractivity contribution in [3.05, 3.63) is 0 Å². The smallest absolute Gasteiger partial charge is 0.249 e. The lowest BCUT2D eigenvalue weighted by Crippen LogP contribution is -2.53. The lowest BCUT2D eigenvalue weighted by molar-refractivity contribution is -0.132. The summed E-state index contributed by atoms with van der Waals surface area (Å²) >= 11 is 0. The predicted molar refractivity (Wildman–Crippen MR) is 196 cm³/mol. The molecule has 0 aliphatic heterocycles. The Balaban J connectivity index is 3.72. The predicted octanol–water partition coefficient (Wildman–Crippen LogP) is 10.1. The van der Waals surface area contributed by atoms with E-state index in [0.717, 1.165) is 38.5 Å². The molecule has 4 unspecified atom stereocenters. The highest BCUT2D eigenvalue weighted by Crippen LogP contribution is 2.17. The molecule has 0 heterocycles. The maximum atomic E-state index is 12.5. The zero-order chi connectivity index (χ0) is 33.9. The number of rotatable bonds is 37. The van der Waals surface area contributed by atoms with Gasteiger partial charge in [0.15, 0.2) is 0 Å². The highest BCUT2D eigenvalue weighted by atomic mass is 16.3. The molecule has 0 radical (unpaired) electrons. The number of unbranched alkanes of at least 4 members (excludes halogenated alkanes) is 28. The monoisotopic (exact) mass is 656 g/mol. The third-order valence-corrected chi connectivity index (χ3v) is 9.82. The molecule has 4 atom stereocenters. The van der Waals surface area contributed by atoms with Crippen LogP contribution in [0.1, 0.15) is 219 Å². The molecule has 0 aliphatic carbocycles. The van der Waals surface area contributed by atoms with Crippen LogP contribution in [0.3, 0.4) is 0 Å². The Morgan fingerprint density at radius 1 is 0.457 bits per heavy atom. The zero-order valence-corrected chi connectivity index (χ0v) is 30.8. The minimum absolute atomic E-state index is 0.375. The van der Waals surface area contributed by atoms with E-state index in [9.17, 15) is 25.2 Å². The van der Waals surface area contributed by atoms with Crippen LogP contribution < -0.4 is 5.32 Å². The Labute approximate surface area is 286 Å². The minimum atomic E-state index is -1.25. The van der Waals surface area contributed by atoms with Gasteiger partial charge in [0.2, 0.25) is 5.91 Å². The summed E-state index contributed by atoms with van der Waals surface area (Å²) in [6.07, 6.45) is 35.5. The van der Waals surface area contributed by atoms with Gasteiger partial charge >= 0.3 is 0 Å². The van der Waals surface area contributed by atoms with E-state index in [0.29, 0.717) is 12.8 Å². The molecule has 46 heavy (non-hydrogen) atoms. The molecule has 276 valence electrons. The maximum absolute atomic E-state index is 12.5. The van der Waals surface area contributed by atoms with Crippen LogP contribution in [0, 0.1) is 0 Å². The second-order valence-electron chi connectivity index (χ2n) is 14.3. The first-order chi connectivity index (χ1) is 22.5. The van der Waals surface area contributed by atoms with Gasteiger partial charge in [-0.3, -0.25) is 4.79 Å². The molecular formula is C40H81NO5. The molecule has 0 fully saturated rings. The van der Waals surface area contributed by atoms with Crippen LogP contribution in [0.15, 0.2) is 0 Å². The summed E-state index contributed by atoms with van der Waals surface area (Å²) in [5.41, 5.74) is 0. The van der Waals surface area contributed by atoms with E-state index in [4.69, 9.17) is 0 Å². The van der Waals surface area contributed by atoms with Crippen molar-refractivity contribution in [3.63, 3.8) is 0 Å². The largest absolute Gasteiger partial charge is 0.394 e. The molecule has 0 saturated carbocycles. The van der Waals surface area contributed by atoms with E-state index < -0.39 is 36.9 Å². The number of hydrogen-bond acceptors (Lipinski definition) is 5. The van der Waals surface area contributed by atoms with E-state index in [1.54, 1.807) is 0 Å². The van der Waals surface area contributed by atoms with Gasteiger partial charge in [-0.15, -0.1) is 0 Å². The van der Waals surface area contributed by atoms with E-state index >= 15 is 0 Å². The van der Waals surface area contributed by atoms with Crippen molar-refractivity contribution in [2.45, 2.75) is 244 Å². The van der Waals surface area contributed by atoms with Crippen LogP contribution in [0.25, 0.3) is 0 Å². The minimum Gasteiger partial charge on any atom is -0.394 e. The third-order valence-electron chi connectivity index (χ3n) is 9.82. The van der Waals surface area contributed by atoms with Crippen molar-refractivity contribution >= 4 is 5.91 Å². The van der Waals surface area contributed by atoms with Crippen LogP contribution in [-0.4, -0.2) is 57.3 Å². The molecule has 0 aromatic carbocycles. The first-order valence-electron chi connectivity index (χ1n) is 20.4. The van der Waals surface area contributed by atoms with Crippen molar-refractivity contribution in [2.75, 3.05) is 6.61 Å². The summed E-state index contributed by atoms with van der Waals surface area (Å²) in [6, 6.07) is -0.977. The molecule has 0 bridgehead atoms. The highest BCUT2D eigenvalue weighted by Gasteiger charge is 2.28. The standard InChI is InChI=1S/C40H81NO5/c1-3-5-7-9-11-13-15-17-18-19-20-21-22-24-26-28-30-32-34-38(44)40(46)41-36(35-42)39(45)37(43)33-31-29-27-25-23-16-14-12-10-8-6-4-2/h36-39,42-45H,3-35H2,1-2H3,(H,41,46). The van der Waals surface area contributed by atoms with Crippen LogP contribution >= 0.6 is 0 Å². The normalized spacial score (nSPS) is 14.3. The van der Waals surface area contributed by atoms with Crippen LogP contribution in [0.4, 0.5) is 0 Å². The quantitative estimate of drug-likeness (QED) is 0.0428. The molecule has 6 heteroatoms. The van der Waals surface area contributed by atoms with Crippen LogP contribution in [-0.2, 0) is 4.79 Å². The summed E-state index contributed by atoms with van der Waals surface area (Å²) in [5.74, 6) is -0.581. The second-order valence-corrected chi connectivity index (χ2v) is 14.3. The zero-order valence-electron chi connectivity index (χ0n) is 30.8. The van der Waals surface area contributed by atoms with Crippen molar-refractivity contribution < 1.29 is 25.2 Å². The summed E-state index contributed by atoms with van der Waals surface area (Å²) in [4.78, 5) is 12.5. The topological polar surface area (TPSA) is 110 Å². The van der Waals surface area contributed by atoms with Gasteiger partial charge in [-0.25, -0.2) is 0 Å². The lowest BCUT2D eigenvalue weighted by atomic mass is 9.99. The van der Waals surface area contributed by atoms with E-state index in [1.165, 1.54) is 154 Å². The molecule has 0 rings (SSSR count). The van der Waals surface area contributed by atoms with Gasteiger partial charge in [0, 0.05) is 0 Å². The first-order valence-corrected chi connectivity index (χ1v) is 20.4. The van der Waals surface area contributed by atoms with Crippen molar-refractivity contribution in [3.8, 4) is 0 Å². The van der Waals surface area contributed by atoms with E-state index in [-0.39, 0.29) is 0 Å². The average Bonchev–Trinajstić information content (AvgIpc) is 3.06. The SMILES string of the molecule is CCCCCCCCCCCCCCCCCCCCC(O)C(=O)NC(CO)C(O)C(O)CCCCCCCCCCCCCC. The fourth-order valence-electron chi connectivity index (χ4n) is 6.52. The summed E-state index contributed by atoms with van der Waals surface area (Å²) in [6.45, 7) is 4.04. The second kappa shape index (κ2) is 35.6. The van der Waals surface area contributed by atoms with Gasteiger partial charge in [0.1, 0.15) is 12.2 Å². The number of nitrogens with one attached hydrogen (secondary N) is 1. The van der Waals surface area contributed by atoms with Gasteiger partial charge in [-0.1, -0.05) is 206 Å². The van der Waals surface area contributed by atoms with Gasteiger partial charge in [-0.05, 0) is 12.8 Å². The van der Waals surface area contributed by atoms with Gasteiger partial charge in [0.05, 0.1) is 18.8 Å². The number of hydrogen-bond donors (Lipinski definition) is 5. The van der Waals surface area contributed by atoms with Crippen molar-refractivity contribution in [1.82, 2.24) is 5.32 Å². The molecule has 0 aromatic rings. The molecule has 0 spiro atoms. The summed E-state index contributed by atoms with van der Waals surface area (Å²) in [5, 5.41) is 43.5. The number of carbonyl (C=O) groups is 1.